The van der Waals surface area contributed by atoms with Crippen molar-refractivity contribution < 1.29 is 14.3 Å². The van der Waals surface area contributed by atoms with Gasteiger partial charge in [-0.25, -0.2) is 0 Å². The quantitative estimate of drug-likeness (QED) is 0.613. The molecule has 1 N–H and O–H groups in total. The van der Waals surface area contributed by atoms with Crippen LogP contribution in [0, 0.1) is 13.8 Å². The summed E-state index contributed by atoms with van der Waals surface area (Å²) in [6.07, 6.45) is 3.15. The number of rotatable bonds is 7. The van der Waals surface area contributed by atoms with E-state index in [9.17, 15) is 9.59 Å². The summed E-state index contributed by atoms with van der Waals surface area (Å²) in [5, 5.41) is 14.2. The number of anilines is 1. The van der Waals surface area contributed by atoms with Crippen LogP contribution >= 0.6 is 0 Å². The van der Waals surface area contributed by atoms with Crippen molar-refractivity contribution in [2.75, 3.05) is 25.0 Å². The summed E-state index contributed by atoms with van der Waals surface area (Å²) in [5.74, 6) is -0.535. The Morgan fingerprint density at radius 1 is 1.19 bits per heavy atom. The molecule has 3 aromatic rings. The maximum absolute atomic E-state index is 13.6. The lowest BCUT2D eigenvalue weighted by Gasteiger charge is -2.26. The highest BCUT2D eigenvalue weighted by Gasteiger charge is 2.27. The summed E-state index contributed by atoms with van der Waals surface area (Å²) >= 11 is 0. The van der Waals surface area contributed by atoms with E-state index in [1.165, 1.54) is 11.0 Å². The van der Waals surface area contributed by atoms with E-state index in [2.05, 4.69) is 20.8 Å². The third-order valence-corrected chi connectivity index (χ3v) is 5.68. The SMILES string of the molecule is Cc1cccc(NC(=O)CN(C[C@@H]2CCCO2)C(=O)c2ccccc2-n2cnnn2)c1C. The van der Waals surface area contributed by atoms with Gasteiger partial charge in [-0.05, 0) is 66.4 Å². The average molecular weight is 435 g/mol. The molecule has 1 fully saturated rings. The normalized spacial score (nSPS) is 15.5. The predicted octanol–water partition coefficient (Wildman–Crippen LogP) is 2.54. The van der Waals surface area contributed by atoms with Gasteiger partial charge in [-0.2, -0.15) is 4.68 Å². The van der Waals surface area contributed by atoms with Crippen LogP contribution in [0.3, 0.4) is 0 Å². The van der Waals surface area contributed by atoms with Crippen LogP contribution < -0.4 is 5.32 Å². The van der Waals surface area contributed by atoms with Crippen LogP contribution in [-0.4, -0.2) is 62.7 Å². The Kier molecular flexibility index (Phi) is 6.55. The lowest BCUT2D eigenvalue weighted by Crippen LogP contribution is -2.42. The smallest absolute Gasteiger partial charge is 0.256 e. The molecule has 9 heteroatoms. The standard InChI is InChI=1S/C23H26N6O3/c1-16-7-5-10-20(17(16)2)25-22(30)14-28(13-18-8-6-12-32-18)23(31)19-9-3-4-11-21(19)29-15-24-26-27-29/h3-5,7,9-11,15,18H,6,8,12-14H2,1-2H3,(H,25,30)/t18-/m0/s1. The fourth-order valence-electron chi connectivity index (χ4n) is 3.80. The molecule has 2 amide bonds. The molecule has 2 heterocycles. The lowest BCUT2D eigenvalue weighted by molar-refractivity contribution is -0.117. The number of carbonyl (C=O) groups is 2. The van der Waals surface area contributed by atoms with Gasteiger partial charge in [0.15, 0.2) is 0 Å². The van der Waals surface area contributed by atoms with Crippen molar-refractivity contribution in [2.24, 2.45) is 0 Å². The van der Waals surface area contributed by atoms with E-state index in [1.54, 1.807) is 23.1 Å². The van der Waals surface area contributed by atoms with Crippen LogP contribution in [0.5, 0.6) is 0 Å². The molecule has 1 aliphatic rings. The van der Waals surface area contributed by atoms with Crippen LogP contribution in [0.4, 0.5) is 5.69 Å². The molecular formula is C23H26N6O3. The van der Waals surface area contributed by atoms with Crippen LogP contribution in [0.1, 0.15) is 34.3 Å². The molecule has 0 spiro atoms. The zero-order valence-corrected chi connectivity index (χ0v) is 18.2. The van der Waals surface area contributed by atoms with Gasteiger partial charge in [0.2, 0.25) is 5.91 Å². The van der Waals surface area contributed by atoms with Crippen LogP contribution in [-0.2, 0) is 9.53 Å². The molecule has 1 aliphatic heterocycles. The summed E-state index contributed by atoms with van der Waals surface area (Å²) in [6.45, 7) is 4.87. The number of nitrogens with one attached hydrogen (secondary N) is 1. The summed E-state index contributed by atoms with van der Waals surface area (Å²) in [7, 11) is 0. The van der Waals surface area contributed by atoms with Gasteiger partial charge in [-0.1, -0.05) is 24.3 Å². The highest BCUT2D eigenvalue weighted by molar-refractivity contribution is 6.01. The van der Waals surface area contributed by atoms with E-state index in [0.717, 1.165) is 29.7 Å². The summed E-state index contributed by atoms with van der Waals surface area (Å²) in [4.78, 5) is 28.0. The highest BCUT2D eigenvalue weighted by atomic mass is 16.5. The first-order valence-electron chi connectivity index (χ1n) is 10.6. The van der Waals surface area contributed by atoms with Crippen molar-refractivity contribution in [1.29, 1.82) is 0 Å². The van der Waals surface area contributed by atoms with Gasteiger partial charge in [0.05, 0.1) is 17.4 Å². The zero-order valence-electron chi connectivity index (χ0n) is 18.2. The molecule has 0 unspecified atom stereocenters. The Morgan fingerprint density at radius 3 is 2.78 bits per heavy atom. The molecule has 2 aromatic carbocycles. The van der Waals surface area contributed by atoms with Crippen molar-refractivity contribution >= 4 is 17.5 Å². The monoisotopic (exact) mass is 434 g/mol. The van der Waals surface area contributed by atoms with Gasteiger partial charge in [0, 0.05) is 18.8 Å². The minimum atomic E-state index is -0.275. The molecule has 9 nitrogen and oxygen atoms in total. The fourth-order valence-corrected chi connectivity index (χ4v) is 3.80. The van der Waals surface area contributed by atoms with Gasteiger partial charge >= 0.3 is 0 Å². The number of carbonyl (C=O) groups excluding carboxylic acids is 2. The molecule has 4 rings (SSSR count). The minimum Gasteiger partial charge on any atom is -0.376 e. The number of nitrogens with zero attached hydrogens (tertiary/aromatic N) is 5. The maximum Gasteiger partial charge on any atom is 0.256 e. The van der Waals surface area contributed by atoms with Gasteiger partial charge in [-0.3, -0.25) is 9.59 Å². The number of benzene rings is 2. The summed E-state index contributed by atoms with van der Waals surface area (Å²) < 4.78 is 7.18. The molecule has 1 atom stereocenters. The maximum atomic E-state index is 13.6. The number of para-hydroxylation sites is 1. The van der Waals surface area contributed by atoms with Gasteiger partial charge in [0.1, 0.15) is 12.9 Å². The van der Waals surface area contributed by atoms with E-state index >= 15 is 0 Å². The first kappa shape index (κ1) is 21.6. The third kappa shape index (κ3) is 4.83. The highest BCUT2D eigenvalue weighted by Crippen LogP contribution is 2.20. The Morgan fingerprint density at radius 2 is 2.03 bits per heavy atom. The number of hydrogen-bond acceptors (Lipinski definition) is 6. The van der Waals surface area contributed by atoms with E-state index in [-0.39, 0.29) is 24.5 Å². The largest absolute Gasteiger partial charge is 0.376 e. The predicted molar refractivity (Wildman–Crippen MR) is 119 cm³/mol. The lowest BCUT2D eigenvalue weighted by atomic mass is 10.1. The molecular weight excluding hydrogens is 408 g/mol. The van der Waals surface area contributed by atoms with Crippen molar-refractivity contribution in [3.8, 4) is 5.69 Å². The van der Waals surface area contributed by atoms with Crippen molar-refractivity contribution in [1.82, 2.24) is 25.1 Å². The van der Waals surface area contributed by atoms with Crippen molar-refractivity contribution in [2.45, 2.75) is 32.8 Å². The second kappa shape index (κ2) is 9.69. The Labute approximate surface area is 186 Å². The summed E-state index contributed by atoms with van der Waals surface area (Å²) in [6, 6.07) is 12.8. The fraction of sp³-hybridized carbons (Fsp3) is 0.348. The average Bonchev–Trinajstić information content (AvgIpc) is 3.50. The topological polar surface area (TPSA) is 102 Å². The molecule has 1 aromatic heterocycles. The number of aromatic nitrogens is 4. The molecule has 0 bridgehead atoms. The number of aryl methyl sites for hydroxylation is 1. The number of tetrazole rings is 1. The summed E-state index contributed by atoms with van der Waals surface area (Å²) in [5.41, 5.74) is 3.80. The molecule has 0 saturated carbocycles. The van der Waals surface area contributed by atoms with Gasteiger partial charge in [-0.15, -0.1) is 5.10 Å². The Bertz CT molecular complexity index is 1090. The first-order chi connectivity index (χ1) is 15.5. The van der Waals surface area contributed by atoms with Crippen LogP contribution in [0.15, 0.2) is 48.8 Å². The second-order valence-electron chi connectivity index (χ2n) is 7.89. The van der Waals surface area contributed by atoms with Crippen molar-refractivity contribution in [3.05, 3.63) is 65.5 Å². The molecule has 166 valence electrons. The third-order valence-electron chi connectivity index (χ3n) is 5.68. The number of ether oxygens (including phenoxy) is 1. The Balaban J connectivity index is 1.57. The van der Waals surface area contributed by atoms with E-state index in [0.29, 0.717) is 24.4 Å². The minimum absolute atomic E-state index is 0.0873. The second-order valence-corrected chi connectivity index (χ2v) is 7.89. The number of amides is 2. The zero-order chi connectivity index (χ0) is 22.5. The molecule has 0 radical (unpaired) electrons. The van der Waals surface area contributed by atoms with E-state index < -0.39 is 0 Å². The number of hydrogen-bond donors (Lipinski definition) is 1. The molecule has 32 heavy (non-hydrogen) atoms. The molecule has 1 saturated heterocycles. The van der Waals surface area contributed by atoms with E-state index in [4.69, 9.17) is 4.74 Å². The van der Waals surface area contributed by atoms with Crippen molar-refractivity contribution in [3.63, 3.8) is 0 Å². The van der Waals surface area contributed by atoms with Crippen LogP contribution in [0.25, 0.3) is 5.69 Å². The van der Waals surface area contributed by atoms with Gasteiger partial charge < -0.3 is 15.0 Å². The Hall–Kier alpha value is -3.59. The molecule has 0 aliphatic carbocycles. The first-order valence-corrected chi connectivity index (χ1v) is 10.6. The van der Waals surface area contributed by atoms with E-state index in [1.807, 2.05) is 38.1 Å². The van der Waals surface area contributed by atoms with Gasteiger partial charge in [0.25, 0.3) is 5.91 Å². The van der Waals surface area contributed by atoms with Crippen LogP contribution in [0.2, 0.25) is 0 Å².